The van der Waals surface area contributed by atoms with E-state index < -0.39 is 0 Å². The molecule has 0 unspecified atom stereocenters. The molecule has 74 valence electrons. The zero-order chi connectivity index (χ0) is 8.91. The molecule has 4 nitrogen and oxygen atoms in total. The molecule has 0 fully saturated rings. The highest BCUT2D eigenvalue weighted by molar-refractivity contribution is 5.69. The second-order valence-electron chi connectivity index (χ2n) is 3.48. The molecule has 0 aliphatic rings. The second kappa shape index (κ2) is 5.97. The summed E-state index contributed by atoms with van der Waals surface area (Å²) in [6.45, 7) is 6.10. The summed E-state index contributed by atoms with van der Waals surface area (Å²) in [4.78, 5) is 10.9. The molecule has 0 spiro atoms. The quantitative estimate of drug-likeness (QED) is 0.633. The number of nitrogens with two attached hydrogens (primary N) is 1. The molecule has 5 N–H and O–H groups in total. The van der Waals surface area contributed by atoms with Crippen LogP contribution in [0.4, 0.5) is 0 Å². The molecule has 0 amide bonds. The van der Waals surface area contributed by atoms with E-state index in [1.165, 1.54) is 0 Å². The van der Waals surface area contributed by atoms with E-state index in [-0.39, 0.29) is 17.7 Å². The van der Waals surface area contributed by atoms with E-state index in [2.05, 4.69) is 0 Å². The Hall–Kier alpha value is -0.610. The standard InChI is InChI=1S/C8H17NO2.H3N/c1-8(2,3)11-7(10)5-4-6-9;/h4-6,9H2,1-3H3;1H3. The maximum atomic E-state index is 10.9. The van der Waals surface area contributed by atoms with Gasteiger partial charge < -0.3 is 16.6 Å². The first-order valence-corrected chi connectivity index (χ1v) is 3.87. The Morgan fingerprint density at radius 2 is 1.92 bits per heavy atom. The van der Waals surface area contributed by atoms with E-state index in [1.807, 2.05) is 20.8 Å². The van der Waals surface area contributed by atoms with Crippen LogP contribution in [0, 0.1) is 0 Å². The summed E-state index contributed by atoms with van der Waals surface area (Å²) >= 11 is 0. The van der Waals surface area contributed by atoms with Crippen LogP contribution in [0.5, 0.6) is 0 Å². The molecule has 0 bridgehead atoms. The van der Waals surface area contributed by atoms with Gasteiger partial charge in [-0.3, -0.25) is 4.79 Å². The SMILES string of the molecule is CC(C)(C)OC(=O)CCCN.N. The highest BCUT2D eigenvalue weighted by Gasteiger charge is 2.14. The van der Waals surface area contributed by atoms with Gasteiger partial charge >= 0.3 is 5.97 Å². The summed E-state index contributed by atoms with van der Waals surface area (Å²) < 4.78 is 5.05. The zero-order valence-electron chi connectivity index (χ0n) is 8.22. The van der Waals surface area contributed by atoms with Gasteiger partial charge in [0.25, 0.3) is 0 Å². The number of carbonyl (C=O) groups is 1. The first-order valence-electron chi connectivity index (χ1n) is 3.87. The van der Waals surface area contributed by atoms with Gasteiger partial charge in [-0.15, -0.1) is 0 Å². The lowest BCUT2D eigenvalue weighted by molar-refractivity contribution is -0.154. The normalized spacial score (nSPS) is 10.3. The summed E-state index contributed by atoms with van der Waals surface area (Å²) in [5.41, 5.74) is 4.86. The summed E-state index contributed by atoms with van der Waals surface area (Å²) in [5, 5.41) is 0. The zero-order valence-corrected chi connectivity index (χ0v) is 8.22. The minimum atomic E-state index is -0.369. The predicted molar refractivity (Wildman–Crippen MR) is 49.2 cm³/mol. The van der Waals surface area contributed by atoms with Gasteiger partial charge in [0.05, 0.1) is 0 Å². The van der Waals surface area contributed by atoms with E-state index in [1.54, 1.807) is 0 Å². The van der Waals surface area contributed by atoms with Crippen molar-refractivity contribution in [2.75, 3.05) is 6.54 Å². The minimum absolute atomic E-state index is 0. The topological polar surface area (TPSA) is 87.3 Å². The Bertz CT molecular complexity index is 130. The van der Waals surface area contributed by atoms with Gasteiger partial charge in [-0.05, 0) is 33.7 Å². The molecule has 0 saturated heterocycles. The molecular weight excluding hydrogens is 156 g/mol. The molecule has 0 radical (unpaired) electrons. The number of hydrogen-bond acceptors (Lipinski definition) is 4. The third-order valence-electron chi connectivity index (χ3n) is 1.01. The van der Waals surface area contributed by atoms with Gasteiger partial charge in [-0.2, -0.15) is 0 Å². The molecule has 0 aliphatic carbocycles. The fourth-order valence-corrected chi connectivity index (χ4v) is 0.639. The van der Waals surface area contributed by atoms with Crippen molar-refractivity contribution in [3.8, 4) is 0 Å². The Morgan fingerprint density at radius 3 is 2.25 bits per heavy atom. The van der Waals surface area contributed by atoms with Gasteiger partial charge in [-0.25, -0.2) is 0 Å². The van der Waals surface area contributed by atoms with E-state index in [0.29, 0.717) is 19.4 Å². The molecule has 0 atom stereocenters. The first kappa shape index (κ1) is 13.9. The molecule has 0 aromatic rings. The van der Waals surface area contributed by atoms with Crippen molar-refractivity contribution in [2.24, 2.45) is 5.73 Å². The number of ether oxygens (including phenoxy) is 1. The average molecular weight is 176 g/mol. The van der Waals surface area contributed by atoms with Crippen LogP contribution in [0.15, 0.2) is 0 Å². The van der Waals surface area contributed by atoms with Crippen molar-refractivity contribution in [3.63, 3.8) is 0 Å². The monoisotopic (exact) mass is 176 g/mol. The summed E-state index contributed by atoms with van der Waals surface area (Å²) in [5.74, 6) is -0.164. The smallest absolute Gasteiger partial charge is 0.306 e. The van der Waals surface area contributed by atoms with Crippen molar-refractivity contribution in [1.29, 1.82) is 0 Å². The molecule has 4 heteroatoms. The Kier molecular flexibility index (Phi) is 6.94. The van der Waals surface area contributed by atoms with Crippen molar-refractivity contribution in [1.82, 2.24) is 6.15 Å². The molecular formula is C8H20N2O2. The van der Waals surface area contributed by atoms with Crippen LogP contribution in [-0.4, -0.2) is 18.1 Å². The molecule has 12 heavy (non-hydrogen) atoms. The van der Waals surface area contributed by atoms with E-state index in [4.69, 9.17) is 10.5 Å². The molecule has 0 saturated carbocycles. The van der Waals surface area contributed by atoms with Gasteiger partial charge in [0, 0.05) is 6.42 Å². The number of hydrogen-bond donors (Lipinski definition) is 2. The molecule has 0 heterocycles. The van der Waals surface area contributed by atoms with Gasteiger partial charge in [-0.1, -0.05) is 0 Å². The van der Waals surface area contributed by atoms with Crippen molar-refractivity contribution < 1.29 is 9.53 Å². The predicted octanol–water partition coefficient (Wildman–Crippen LogP) is 1.23. The Morgan fingerprint density at radius 1 is 1.42 bits per heavy atom. The van der Waals surface area contributed by atoms with Crippen molar-refractivity contribution in [3.05, 3.63) is 0 Å². The van der Waals surface area contributed by atoms with Crippen LogP contribution in [0.3, 0.4) is 0 Å². The largest absolute Gasteiger partial charge is 0.460 e. The van der Waals surface area contributed by atoms with Crippen LogP contribution >= 0.6 is 0 Å². The van der Waals surface area contributed by atoms with Crippen molar-refractivity contribution in [2.45, 2.75) is 39.2 Å². The molecule has 0 aromatic carbocycles. The van der Waals surface area contributed by atoms with Crippen LogP contribution in [0.1, 0.15) is 33.6 Å². The first-order chi connectivity index (χ1) is 4.95. The maximum absolute atomic E-state index is 10.9. The van der Waals surface area contributed by atoms with E-state index in [9.17, 15) is 4.79 Å². The lowest BCUT2D eigenvalue weighted by Gasteiger charge is -2.19. The fraction of sp³-hybridized carbons (Fsp3) is 0.875. The number of rotatable bonds is 3. The van der Waals surface area contributed by atoms with Crippen LogP contribution in [-0.2, 0) is 9.53 Å². The Balaban J connectivity index is 0. The summed E-state index contributed by atoms with van der Waals surface area (Å²) in [6.07, 6.45) is 1.13. The number of carbonyl (C=O) groups excluding carboxylic acids is 1. The second-order valence-corrected chi connectivity index (χ2v) is 3.48. The molecule has 0 aliphatic heterocycles. The minimum Gasteiger partial charge on any atom is -0.460 e. The summed E-state index contributed by atoms with van der Waals surface area (Å²) in [6, 6.07) is 0. The third-order valence-corrected chi connectivity index (χ3v) is 1.01. The van der Waals surface area contributed by atoms with Gasteiger partial charge in [0.1, 0.15) is 5.60 Å². The van der Waals surface area contributed by atoms with E-state index >= 15 is 0 Å². The lowest BCUT2D eigenvalue weighted by atomic mass is 10.2. The van der Waals surface area contributed by atoms with Crippen LogP contribution in [0.25, 0.3) is 0 Å². The Labute approximate surface area is 74.0 Å². The van der Waals surface area contributed by atoms with Gasteiger partial charge in [0.15, 0.2) is 0 Å². The third kappa shape index (κ3) is 9.39. The molecule has 0 rings (SSSR count). The fourth-order valence-electron chi connectivity index (χ4n) is 0.639. The highest BCUT2D eigenvalue weighted by atomic mass is 16.6. The average Bonchev–Trinajstić information content (AvgIpc) is 1.79. The van der Waals surface area contributed by atoms with E-state index in [0.717, 1.165) is 0 Å². The summed E-state index contributed by atoms with van der Waals surface area (Å²) in [7, 11) is 0. The highest BCUT2D eigenvalue weighted by Crippen LogP contribution is 2.08. The number of esters is 1. The van der Waals surface area contributed by atoms with Crippen LogP contribution in [0.2, 0.25) is 0 Å². The van der Waals surface area contributed by atoms with Gasteiger partial charge in [0.2, 0.25) is 0 Å². The lowest BCUT2D eigenvalue weighted by Crippen LogP contribution is -2.24. The maximum Gasteiger partial charge on any atom is 0.306 e. The van der Waals surface area contributed by atoms with Crippen LogP contribution < -0.4 is 11.9 Å². The molecule has 0 aromatic heterocycles. The van der Waals surface area contributed by atoms with Crippen molar-refractivity contribution >= 4 is 5.97 Å².